The number of hydrogen-bond donors (Lipinski definition) is 0. The van der Waals surface area contributed by atoms with Crippen LogP contribution in [0.15, 0.2) is 48.5 Å². The molecule has 1 fully saturated rings. The second kappa shape index (κ2) is 7.81. The number of piperazine rings is 1. The smallest absolute Gasteiger partial charge is 0.260 e. The van der Waals surface area contributed by atoms with Gasteiger partial charge in [-0.2, -0.15) is 0 Å². The topological polar surface area (TPSA) is 43.9 Å². The largest absolute Gasteiger partial charge is 0.369 e. The molecule has 0 aliphatic carbocycles. The van der Waals surface area contributed by atoms with E-state index in [9.17, 15) is 9.59 Å². The van der Waals surface area contributed by atoms with E-state index in [0.29, 0.717) is 18.7 Å². The fourth-order valence-corrected chi connectivity index (χ4v) is 4.36. The van der Waals surface area contributed by atoms with Crippen LogP contribution in [0.4, 0.5) is 5.69 Å². The molecule has 0 radical (unpaired) electrons. The number of carbonyl (C=O) groups excluding carboxylic acids is 2. The number of fused-ring (bicyclic) bond motifs is 1. The molecule has 0 unspecified atom stereocenters. The second-order valence-corrected chi connectivity index (χ2v) is 8.67. The molecule has 152 valence electrons. The van der Waals surface area contributed by atoms with Crippen LogP contribution in [0, 0.1) is 0 Å². The van der Waals surface area contributed by atoms with Crippen molar-refractivity contribution in [1.29, 1.82) is 0 Å². The van der Waals surface area contributed by atoms with E-state index in [0.717, 1.165) is 36.8 Å². The van der Waals surface area contributed by atoms with Crippen molar-refractivity contribution in [1.82, 2.24) is 9.80 Å². The number of carbonyl (C=O) groups is 2. The maximum absolute atomic E-state index is 13.0. The van der Waals surface area contributed by atoms with Crippen LogP contribution in [0.2, 0.25) is 5.02 Å². The van der Waals surface area contributed by atoms with Crippen LogP contribution in [0.5, 0.6) is 0 Å². The Morgan fingerprint density at radius 3 is 2.24 bits per heavy atom. The van der Waals surface area contributed by atoms with Gasteiger partial charge in [0.15, 0.2) is 0 Å². The monoisotopic (exact) mass is 411 g/mol. The van der Waals surface area contributed by atoms with Gasteiger partial charge in [0.2, 0.25) is 5.91 Å². The quantitative estimate of drug-likeness (QED) is 0.723. The Bertz CT molecular complexity index is 918. The van der Waals surface area contributed by atoms with E-state index in [-0.39, 0.29) is 11.8 Å². The highest BCUT2D eigenvalue weighted by atomic mass is 35.5. The molecule has 5 nitrogen and oxygen atoms in total. The number of hydrogen-bond acceptors (Lipinski definition) is 4. The van der Waals surface area contributed by atoms with E-state index in [1.807, 2.05) is 62.4 Å². The summed E-state index contributed by atoms with van der Waals surface area (Å²) < 4.78 is 0. The normalized spacial score (nSPS) is 19.4. The van der Waals surface area contributed by atoms with E-state index >= 15 is 0 Å². The second-order valence-electron chi connectivity index (χ2n) is 8.24. The van der Waals surface area contributed by atoms with Gasteiger partial charge in [-0.3, -0.25) is 19.4 Å². The third-order valence-corrected chi connectivity index (χ3v) is 6.31. The Balaban J connectivity index is 1.38. The molecule has 0 atom stereocenters. The van der Waals surface area contributed by atoms with Crippen molar-refractivity contribution in [2.75, 3.05) is 44.2 Å². The van der Waals surface area contributed by atoms with Crippen LogP contribution >= 0.6 is 11.6 Å². The van der Waals surface area contributed by atoms with Gasteiger partial charge in [-0.1, -0.05) is 29.8 Å². The number of amides is 2. The molecule has 2 heterocycles. The molecule has 1 saturated heterocycles. The van der Waals surface area contributed by atoms with Gasteiger partial charge in [0.1, 0.15) is 0 Å². The number of nitrogens with zero attached hydrogens (tertiary/aromatic N) is 3. The maximum atomic E-state index is 13.0. The predicted octanol–water partition coefficient (Wildman–Crippen LogP) is 3.42. The van der Waals surface area contributed by atoms with Gasteiger partial charge in [-0.25, -0.2) is 0 Å². The molecule has 0 bridgehead atoms. The summed E-state index contributed by atoms with van der Waals surface area (Å²) in [6.45, 7) is 8.56. The van der Waals surface area contributed by atoms with Crippen LogP contribution < -0.4 is 4.90 Å². The highest BCUT2D eigenvalue weighted by Crippen LogP contribution is 2.34. The first-order valence-electron chi connectivity index (χ1n) is 10.1. The highest BCUT2D eigenvalue weighted by Gasteiger charge is 2.44. The van der Waals surface area contributed by atoms with E-state index in [1.54, 1.807) is 0 Å². The highest BCUT2D eigenvalue weighted by molar-refractivity contribution is 6.30. The molecule has 2 aliphatic rings. The lowest BCUT2D eigenvalue weighted by Crippen LogP contribution is -2.55. The molecular formula is C23H26ClN3O2. The number of rotatable bonds is 4. The van der Waals surface area contributed by atoms with Crippen molar-refractivity contribution in [3.63, 3.8) is 0 Å². The zero-order chi connectivity index (χ0) is 20.6. The lowest BCUT2D eigenvalue weighted by molar-refractivity contribution is -0.134. The third-order valence-electron chi connectivity index (χ3n) is 6.06. The number of benzene rings is 2. The first-order chi connectivity index (χ1) is 13.9. The Morgan fingerprint density at radius 2 is 1.55 bits per heavy atom. The summed E-state index contributed by atoms with van der Waals surface area (Å²) in [6.07, 6.45) is 0. The SMILES string of the molecule is CC1(C)C(=O)N(CCN2CCN(c3ccc(Cl)cc3)CC2)C(=O)c2ccccc21. The summed E-state index contributed by atoms with van der Waals surface area (Å²) in [7, 11) is 0. The molecule has 0 N–H and O–H groups in total. The Hall–Kier alpha value is -2.37. The number of anilines is 1. The van der Waals surface area contributed by atoms with Crippen molar-refractivity contribution >= 4 is 29.1 Å². The lowest BCUT2D eigenvalue weighted by atomic mass is 9.77. The Kier molecular flexibility index (Phi) is 5.36. The molecule has 29 heavy (non-hydrogen) atoms. The van der Waals surface area contributed by atoms with Gasteiger partial charge in [0, 0.05) is 55.5 Å². The van der Waals surface area contributed by atoms with E-state index in [2.05, 4.69) is 9.80 Å². The minimum absolute atomic E-state index is 0.110. The maximum Gasteiger partial charge on any atom is 0.260 e. The molecule has 2 amide bonds. The summed E-state index contributed by atoms with van der Waals surface area (Å²) in [5.41, 5.74) is 1.96. The standard InChI is InChI=1S/C23H26ClN3O2/c1-23(2)20-6-4-3-5-19(20)21(28)27(22(23)29)16-13-25-11-14-26(15-12-25)18-9-7-17(24)8-10-18/h3-10H,11-16H2,1-2H3. The van der Waals surface area contributed by atoms with Crippen molar-refractivity contribution in [3.05, 3.63) is 64.7 Å². The first kappa shape index (κ1) is 19.9. The zero-order valence-electron chi connectivity index (χ0n) is 16.9. The van der Waals surface area contributed by atoms with Gasteiger partial charge in [0.05, 0.1) is 5.41 Å². The number of halogens is 1. The van der Waals surface area contributed by atoms with Crippen molar-refractivity contribution in [2.24, 2.45) is 0 Å². The minimum Gasteiger partial charge on any atom is -0.369 e. The molecule has 2 aromatic rings. The molecule has 6 heteroatoms. The summed E-state index contributed by atoms with van der Waals surface area (Å²) in [5, 5.41) is 0.743. The summed E-state index contributed by atoms with van der Waals surface area (Å²) in [4.78, 5) is 32.0. The van der Waals surface area contributed by atoms with E-state index in [1.165, 1.54) is 10.6 Å². The van der Waals surface area contributed by atoms with Crippen LogP contribution in [-0.2, 0) is 10.2 Å². The molecule has 2 aliphatic heterocycles. The molecule has 0 saturated carbocycles. The van der Waals surface area contributed by atoms with Gasteiger partial charge >= 0.3 is 0 Å². The van der Waals surface area contributed by atoms with Crippen LogP contribution in [0.3, 0.4) is 0 Å². The zero-order valence-corrected chi connectivity index (χ0v) is 17.7. The summed E-state index contributed by atoms with van der Waals surface area (Å²) >= 11 is 5.98. The van der Waals surface area contributed by atoms with Gasteiger partial charge in [0.25, 0.3) is 5.91 Å². The third kappa shape index (κ3) is 3.77. The fourth-order valence-electron chi connectivity index (χ4n) is 4.23. The average molecular weight is 412 g/mol. The molecule has 2 aromatic carbocycles. The molecular weight excluding hydrogens is 386 g/mol. The van der Waals surface area contributed by atoms with Crippen LogP contribution in [-0.4, -0.2) is 60.9 Å². The molecule has 0 aromatic heterocycles. The number of imide groups is 1. The van der Waals surface area contributed by atoms with E-state index < -0.39 is 5.41 Å². The Labute approximate surface area is 176 Å². The van der Waals surface area contributed by atoms with Gasteiger partial charge in [-0.15, -0.1) is 0 Å². The van der Waals surface area contributed by atoms with Crippen molar-refractivity contribution < 1.29 is 9.59 Å². The van der Waals surface area contributed by atoms with Gasteiger partial charge < -0.3 is 4.90 Å². The summed E-state index contributed by atoms with van der Waals surface area (Å²) in [5.74, 6) is -0.286. The van der Waals surface area contributed by atoms with Crippen LogP contribution in [0.1, 0.15) is 29.8 Å². The Morgan fingerprint density at radius 1 is 0.897 bits per heavy atom. The predicted molar refractivity (Wildman–Crippen MR) is 116 cm³/mol. The lowest BCUT2D eigenvalue weighted by Gasteiger charge is -2.40. The van der Waals surface area contributed by atoms with Crippen LogP contribution in [0.25, 0.3) is 0 Å². The summed E-state index contributed by atoms with van der Waals surface area (Å²) in [6, 6.07) is 15.4. The minimum atomic E-state index is -0.683. The average Bonchev–Trinajstić information content (AvgIpc) is 2.74. The molecule has 4 rings (SSSR count). The van der Waals surface area contributed by atoms with Gasteiger partial charge in [-0.05, 0) is 49.7 Å². The first-order valence-corrected chi connectivity index (χ1v) is 10.4. The van der Waals surface area contributed by atoms with E-state index in [4.69, 9.17) is 11.6 Å². The van der Waals surface area contributed by atoms with Crippen molar-refractivity contribution in [3.8, 4) is 0 Å². The fraction of sp³-hybridized carbons (Fsp3) is 0.391. The molecule has 0 spiro atoms. The van der Waals surface area contributed by atoms with Crippen molar-refractivity contribution in [2.45, 2.75) is 19.3 Å².